The van der Waals surface area contributed by atoms with Crippen molar-refractivity contribution in [3.05, 3.63) is 48.5 Å². The van der Waals surface area contributed by atoms with Crippen molar-refractivity contribution in [1.29, 1.82) is 0 Å². The molecule has 1 aromatic carbocycles. The Labute approximate surface area is 151 Å². The zero-order valence-electron chi connectivity index (χ0n) is 14.4. The second-order valence-corrected chi connectivity index (χ2v) is 5.77. The van der Waals surface area contributed by atoms with Gasteiger partial charge >= 0.3 is 5.97 Å². The first-order valence-corrected chi connectivity index (χ1v) is 8.34. The average Bonchev–Trinajstić information content (AvgIpc) is 2.70. The van der Waals surface area contributed by atoms with Crippen LogP contribution in [0.2, 0.25) is 0 Å². The number of ether oxygens (including phenoxy) is 2. The molecule has 136 valence electrons. The van der Waals surface area contributed by atoms with E-state index < -0.39 is 18.0 Å². The number of carbonyl (C=O) groups excluding carboxylic acids is 2. The maximum absolute atomic E-state index is 12.2. The molecule has 1 aromatic heterocycles. The zero-order chi connectivity index (χ0) is 18.4. The van der Waals surface area contributed by atoms with Gasteiger partial charge in [-0.25, -0.2) is 9.78 Å². The van der Waals surface area contributed by atoms with Crippen molar-refractivity contribution in [3.8, 4) is 0 Å². The predicted molar refractivity (Wildman–Crippen MR) is 95.0 cm³/mol. The van der Waals surface area contributed by atoms with E-state index in [0.717, 1.165) is 18.8 Å². The van der Waals surface area contributed by atoms with Crippen LogP contribution in [-0.4, -0.2) is 54.3 Å². The van der Waals surface area contributed by atoms with Gasteiger partial charge in [0.25, 0.3) is 5.91 Å². The molecular formula is C18H20N4O4. The predicted octanol–water partition coefficient (Wildman–Crippen LogP) is 1.50. The third-order valence-corrected chi connectivity index (χ3v) is 3.94. The number of anilines is 2. The molecule has 0 spiro atoms. The van der Waals surface area contributed by atoms with Crippen LogP contribution in [0.1, 0.15) is 17.4 Å². The molecule has 8 heteroatoms. The lowest BCUT2D eigenvalue weighted by Gasteiger charge is -2.28. The summed E-state index contributed by atoms with van der Waals surface area (Å²) in [6.07, 6.45) is 3.17. The summed E-state index contributed by atoms with van der Waals surface area (Å²) >= 11 is 0. The smallest absolute Gasteiger partial charge is 0.359 e. The van der Waals surface area contributed by atoms with Crippen LogP contribution in [0.4, 0.5) is 11.4 Å². The van der Waals surface area contributed by atoms with Gasteiger partial charge in [0.05, 0.1) is 19.4 Å². The van der Waals surface area contributed by atoms with Crippen molar-refractivity contribution < 1.29 is 19.1 Å². The highest BCUT2D eigenvalue weighted by atomic mass is 16.5. The number of morpholine rings is 1. The number of rotatable bonds is 5. The highest BCUT2D eigenvalue weighted by Gasteiger charge is 2.20. The van der Waals surface area contributed by atoms with Crippen LogP contribution < -0.4 is 10.2 Å². The van der Waals surface area contributed by atoms with E-state index >= 15 is 0 Å². The molecule has 1 atom stereocenters. The monoisotopic (exact) mass is 356 g/mol. The van der Waals surface area contributed by atoms with Crippen molar-refractivity contribution in [1.82, 2.24) is 9.97 Å². The Balaban J connectivity index is 1.54. The molecule has 0 radical (unpaired) electrons. The topological polar surface area (TPSA) is 93.7 Å². The van der Waals surface area contributed by atoms with Crippen molar-refractivity contribution >= 4 is 23.3 Å². The molecule has 0 bridgehead atoms. The standard InChI is InChI=1S/C18H20N4O4/c1-13(26-18(24)16-12-19-6-7-20-16)17(23)21-14-2-4-15(5-3-14)22-8-10-25-11-9-22/h2-7,12-13H,8-11H2,1H3,(H,21,23). The van der Waals surface area contributed by atoms with E-state index in [1.54, 1.807) is 0 Å². The van der Waals surface area contributed by atoms with E-state index in [1.807, 2.05) is 24.3 Å². The Bertz CT molecular complexity index is 746. The molecule has 2 aromatic rings. The SMILES string of the molecule is CC(OC(=O)c1cnccn1)C(=O)Nc1ccc(N2CCOCC2)cc1. The molecule has 1 fully saturated rings. The number of hydrogen-bond donors (Lipinski definition) is 1. The van der Waals surface area contributed by atoms with Crippen LogP contribution in [0, 0.1) is 0 Å². The lowest BCUT2D eigenvalue weighted by molar-refractivity contribution is -0.123. The Kier molecular flexibility index (Phi) is 5.75. The molecule has 1 aliphatic heterocycles. The largest absolute Gasteiger partial charge is 0.448 e. The molecule has 0 saturated carbocycles. The molecule has 1 N–H and O–H groups in total. The third-order valence-electron chi connectivity index (χ3n) is 3.94. The highest BCUT2D eigenvalue weighted by molar-refractivity contribution is 5.96. The normalized spacial score (nSPS) is 15.2. The van der Waals surface area contributed by atoms with Crippen molar-refractivity contribution in [3.63, 3.8) is 0 Å². The van der Waals surface area contributed by atoms with E-state index in [2.05, 4.69) is 20.2 Å². The van der Waals surface area contributed by atoms with Crippen LogP contribution in [0.3, 0.4) is 0 Å². The Morgan fingerprint density at radius 1 is 1.19 bits per heavy atom. The fraction of sp³-hybridized carbons (Fsp3) is 0.333. The summed E-state index contributed by atoms with van der Waals surface area (Å²) in [7, 11) is 0. The van der Waals surface area contributed by atoms with Gasteiger partial charge in [-0.3, -0.25) is 9.78 Å². The van der Waals surface area contributed by atoms with Gasteiger partial charge in [0.1, 0.15) is 0 Å². The van der Waals surface area contributed by atoms with Gasteiger partial charge in [0.15, 0.2) is 11.8 Å². The number of esters is 1. The Morgan fingerprint density at radius 3 is 2.58 bits per heavy atom. The zero-order valence-corrected chi connectivity index (χ0v) is 14.4. The number of carbonyl (C=O) groups is 2. The fourth-order valence-electron chi connectivity index (χ4n) is 2.50. The van der Waals surface area contributed by atoms with Gasteiger partial charge in [0.2, 0.25) is 0 Å². The molecule has 1 aliphatic rings. The molecule has 3 rings (SSSR count). The summed E-state index contributed by atoms with van der Waals surface area (Å²) in [6, 6.07) is 7.52. The van der Waals surface area contributed by atoms with E-state index in [9.17, 15) is 9.59 Å². The summed E-state index contributed by atoms with van der Waals surface area (Å²) < 4.78 is 10.5. The maximum atomic E-state index is 12.2. The van der Waals surface area contributed by atoms with Gasteiger partial charge in [-0.2, -0.15) is 0 Å². The van der Waals surface area contributed by atoms with Crippen molar-refractivity contribution in [2.45, 2.75) is 13.0 Å². The van der Waals surface area contributed by atoms with Crippen LogP contribution in [0.5, 0.6) is 0 Å². The van der Waals surface area contributed by atoms with Gasteiger partial charge < -0.3 is 19.7 Å². The molecule has 1 amide bonds. The van der Waals surface area contributed by atoms with E-state index in [0.29, 0.717) is 18.9 Å². The van der Waals surface area contributed by atoms with Crippen molar-refractivity contribution in [2.24, 2.45) is 0 Å². The summed E-state index contributed by atoms with van der Waals surface area (Å²) in [5, 5.41) is 2.73. The van der Waals surface area contributed by atoms with Crippen LogP contribution in [0.15, 0.2) is 42.9 Å². The third kappa shape index (κ3) is 4.54. The first-order chi connectivity index (χ1) is 12.6. The minimum Gasteiger partial charge on any atom is -0.448 e. The summed E-state index contributed by atoms with van der Waals surface area (Å²) in [4.78, 5) is 34.0. The highest BCUT2D eigenvalue weighted by Crippen LogP contribution is 2.19. The summed E-state index contributed by atoms with van der Waals surface area (Å²) in [5.41, 5.74) is 1.77. The number of benzene rings is 1. The molecule has 0 aliphatic carbocycles. The lowest BCUT2D eigenvalue weighted by Crippen LogP contribution is -2.36. The lowest BCUT2D eigenvalue weighted by atomic mass is 10.2. The number of nitrogens with zero attached hydrogens (tertiary/aromatic N) is 3. The Morgan fingerprint density at radius 2 is 1.92 bits per heavy atom. The van der Waals surface area contributed by atoms with Crippen LogP contribution >= 0.6 is 0 Å². The minimum absolute atomic E-state index is 0.0574. The van der Waals surface area contributed by atoms with Crippen LogP contribution in [-0.2, 0) is 14.3 Å². The van der Waals surface area contributed by atoms with E-state index in [1.165, 1.54) is 25.5 Å². The van der Waals surface area contributed by atoms with Crippen molar-refractivity contribution in [2.75, 3.05) is 36.5 Å². The second-order valence-electron chi connectivity index (χ2n) is 5.77. The summed E-state index contributed by atoms with van der Waals surface area (Å²) in [6.45, 7) is 4.63. The number of hydrogen-bond acceptors (Lipinski definition) is 7. The molecular weight excluding hydrogens is 336 g/mol. The number of amides is 1. The quantitative estimate of drug-likeness (QED) is 0.811. The second kappa shape index (κ2) is 8.39. The maximum Gasteiger partial charge on any atom is 0.359 e. The molecule has 26 heavy (non-hydrogen) atoms. The molecule has 8 nitrogen and oxygen atoms in total. The Hall–Kier alpha value is -3.00. The molecule has 2 heterocycles. The number of aromatic nitrogens is 2. The van der Waals surface area contributed by atoms with Gasteiger partial charge in [-0.05, 0) is 31.2 Å². The van der Waals surface area contributed by atoms with E-state index in [4.69, 9.17) is 9.47 Å². The van der Waals surface area contributed by atoms with E-state index in [-0.39, 0.29) is 5.69 Å². The first kappa shape index (κ1) is 17.8. The van der Waals surface area contributed by atoms with Gasteiger partial charge in [-0.1, -0.05) is 0 Å². The minimum atomic E-state index is -0.955. The summed E-state index contributed by atoms with van der Waals surface area (Å²) in [5.74, 6) is -1.11. The molecule has 1 unspecified atom stereocenters. The first-order valence-electron chi connectivity index (χ1n) is 8.34. The average molecular weight is 356 g/mol. The van der Waals surface area contributed by atoms with Crippen LogP contribution in [0.25, 0.3) is 0 Å². The van der Waals surface area contributed by atoms with Gasteiger partial charge in [-0.15, -0.1) is 0 Å². The fourth-order valence-corrected chi connectivity index (χ4v) is 2.50. The number of nitrogens with one attached hydrogen (secondary N) is 1. The van der Waals surface area contributed by atoms with Gasteiger partial charge in [0, 0.05) is 36.9 Å². The molecule has 1 saturated heterocycles.